The second-order valence-corrected chi connectivity index (χ2v) is 4.95. The molecule has 1 aliphatic carbocycles. The standard InChI is InChI=1S/C15H23NO/c16-14-10-4-5-11-15(14)17-12-6-9-13-7-2-1-3-8-13/h1-3,7-8,14-15H,4-6,9-12,16H2. The predicted molar refractivity (Wildman–Crippen MR) is 70.9 cm³/mol. The molecule has 1 aromatic carbocycles. The zero-order valence-electron chi connectivity index (χ0n) is 10.5. The molecule has 0 aliphatic heterocycles. The highest BCUT2D eigenvalue weighted by molar-refractivity contribution is 5.14. The molecule has 1 aromatic rings. The van der Waals surface area contributed by atoms with Crippen molar-refractivity contribution in [3.8, 4) is 0 Å². The van der Waals surface area contributed by atoms with E-state index >= 15 is 0 Å². The number of benzene rings is 1. The van der Waals surface area contributed by atoms with Crippen LogP contribution in [-0.2, 0) is 11.2 Å². The van der Waals surface area contributed by atoms with Gasteiger partial charge in [-0.05, 0) is 31.2 Å². The molecule has 2 N–H and O–H groups in total. The van der Waals surface area contributed by atoms with Gasteiger partial charge in [-0.15, -0.1) is 0 Å². The van der Waals surface area contributed by atoms with E-state index in [1.807, 2.05) is 0 Å². The molecule has 1 aliphatic rings. The van der Waals surface area contributed by atoms with Gasteiger partial charge in [0.05, 0.1) is 6.10 Å². The van der Waals surface area contributed by atoms with E-state index < -0.39 is 0 Å². The fourth-order valence-corrected chi connectivity index (χ4v) is 2.49. The predicted octanol–water partition coefficient (Wildman–Crippen LogP) is 2.91. The molecule has 0 saturated heterocycles. The van der Waals surface area contributed by atoms with Crippen molar-refractivity contribution < 1.29 is 4.74 Å². The van der Waals surface area contributed by atoms with E-state index in [0.717, 1.165) is 32.3 Å². The van der Waals surface area contributed by atoms with Crippen LogP contribution in [0.4, 0.5) is 0 Å². The monoisotopic (exact) mass is 233 g/mol. The Bertz CT molecular complexity index is 312. The summed E-state index contributed by atoms with van der Waals surface area (Å²) in [4.78, 5) is 0. The lowest BCUT2D eigenvalue weighted by Gasteiger charge is -2.28. The van der Waals surface area contributed by atoms with Gasteiger partial charge in [0, 0.05) is 12.6 Å². The Kier molecular flexibility index (Phi) is 5.02. The first-order chi connectivity index (χ1) is 8.36. The zero-order chi connectivity index (χ0) is 11.9. The Morgan fingerprint density at radius 2 is 1.88 bits per heavy atom. The van der Waals surface area contributed by atoms with Gasteiger partial charge in [0.15, 0.2) is 0 Å². The SMILES string of the molecule is NC1CCCCC1OCCCc1ccccc1. The molecule has 0 heterocycles. The summed E-state index contributed by atoms with van der Waals surface area (Å²) >= 11 is 0. The Balaban J connectivity index is 1.63. The summed E-state index contributed by atoms with van der Waals surface area (Å²) < 4.78 is 5.89. The van der Waals surface area contributed by atoms with E-state index in [1.54, 1.807) is 0 Å². The van der Waals surface area contributed by atoms with Crippen LogP contribution in [0.3, 0.4) is 0 Å². The van der Waals surface area contributed by atoms with Crippen LogP contribution in [-0.4, -0.2) is 18.8 Å². The second-order valence-electron chi connectivity index (χ2n) is 4.95. The van der Waals surface area contributed by atoms with Gasteiger partial charge in [-0.2, -0.15) is 0 Å². The summed E-state index contributed by atoms with van der Waals surface area (Å²) in [7, 11) is 0. The lowest BCUT2D eigenvalue weighted by atomic mass is 9.93. The van der Waals surface area contributed by atoms with Crippen molar-refractivity contribution in [2.45, 2.75) is 50.7 Å². The molecule has 0 bridgehead atoms. The summed E-state index contributed by atoms with van der Waals surface area (Å²) in [5.41, 5.74) is 7.44. The molecule has 1 fully saturated rings. The fraction of sp³-hybridized carbons (Fsp3) is 0.600. The molecule has 0 radical (unpaired) electrons. The summed E-state index contributed by atoms with van der Waals surface area (Å²) in [6, 6.07) is 10.8. The van der Waals surface area contributed by atoms with E-state index in [9.17, 15) is 0 Å². The number of aryl methyl sites for hydroxylation is 1. The molecule has 0 aromatic heterocycles. The van der Waals surface area contributed by atoms with Crippen LogP contribution in [0.5, 0.6) is 0 Å². The van der Waals surface area contributed by atoms with Crippen molar-refractivity contribution >= 4 is 0 Å². The average Bonchev–Trinajstić information content (AvgIpc) is 2.38. The summed E-state index contributed by atoms with van der Waals surface area (Å²) in [6.07, 6.45) is 7.31. The molecule has 1 saturated carbocycles. The van der Waals surface area contributed by atoms with Crippen LogP contribution in [0.1, 0.15) is 37.7 Å². The lowest BCUT2D eigenvalue weighted by molar-refractivity contribution is 0.0141. The molecular weight excluding hydrogens is 210 g/mol. The summed E-state index contributed by atoms with van der Waals surface area (Å²) in [5, 5.41) is 0. The summed E-state index contributed by atoms with van der Waals surface area (Å²) in [6.45, 7) is 0.841. The van der Waals surface area contributed by atoms with E-state index in [4.69, 9.17) is 10.5 Å². The smallest absolute Gasteiger partial charge is 0.0725 e. The van der Waals surface area contributed by atoms with Crippen molar-refractivity contribution in [1.82, 2.24) is 0 Å². The maximum absolute atomic E-state index is 6.05. The normalized spacial score (nSPS) is 24.8. The minimum Gasteiger partial charge on any atom is -0.377 e. The van der Waals surface area contributed by atoms with Gasteiger partial charge in [-0.1, -0.05) is 43.2 Å². The fourth-order valence-electron chi connectivity index (χ4n) is 2.49. The van der Waals surface area contributed by atoms with Crippen LogP contribution in [0.15, 0.2) is 30.3 Å². The Morgan fingerprint density at radius 3 is 2.65 bits per heavy atom. The Hall–Kier alpha value is -0.860. The van der Waals surface area contributed by atoms with Gasteiger partial charge >= 0.3 is 0 Å². The minimum absolute atomic E-state index is 0.264. The van der Waals surface area contributed by atoms with Gasteiger partial charge in [0.1, 0.15) is 0 Å². The molecule has 0 amide bonds. The highest BCUT2D eigenvalue weighted by Crippen LogP contribution is 2.19. The molecule has 2 heteroatoms. The van der Waals surface area contributed by atoms with E-state index in [0.29, 0.717) is 6.10 Å². The van der Waals surface area contributed by atoms with Gasteiger partial charge in [0.2, 0.25) is 0 Å². The maximum atomic E-state index is 6.05. The largest absolute Gasteiger partial charge is 0.377 e. The molecule has 94 valence electrons. The Morgan fingerprint density at radius 1 is 1.12 bits per heavy atom. The number of ether oxygens (including phenoxy) is 1. The third-order valence-electron chi connectivity index (χ3n) is 3.54. The van der Waals surface area contributed by atoms with Crippen molar-refractivity contribution in [3.63, 3.8) is 0 Å². The third-order valence-corrected chi connectivity index (χ3v) is 3.54. The van der Waals surface area contributed by atoms with E-state index in [1.165, 1.54) is 18.4 Å². The number of nitrogens with two attached hydrogens (primary N) is 1. The quantitative estimate of drug-likeness (QED) is 0.794. The number of hydrogen-bond acceptors (Lipinski definition) is 2. The lowest BCUT2D eigenvalue weighted by Crippen LogP contribution is -2.39. The van der Waals surface area contributed by atoms with Crippen LogP contribution >= 0.6 is 0 Å². The third kappa shape index (κ3) is 4.14. The van der Waals surface area contributed by atoms with Crippen molar-refractivity contribution in [2.24, 2.45) is 5.73 Å². The van der Waals surface area contributed by atoms with Crippen molar-refractivity contribution in [1.29, 1.82) is 0 Å². The first-order valence-corrected chi connectivity index (χ1v) is 6.77. The van der Waals surface area contributed by atoms with Gasteiger partial charge < -0.3 is 10.5 Å². The molecular formula is C15H23NO. The van der Waals surface area contributed by atoms with Gasteiger partial charge in [-0.3, -0.25) is 0 Å². The average molecular weight is 233 g/mol. The molecule has 17 heavy (non-hydrogen) atoms. The number of rotatable bonds is 5. The van der Waals surface area contributed by atoms with Crippen LogP contribution in [0.2, 0.25) is 0 Å². The maximum Gasteiger partial charge on any atom is 0.0725 e. The molecule has 2 nitrogen and oxygen atoms in total. The highest BCUT2D eigenvalue weighted by atomic mass is 16.5. The van der Waals surface area contributed by atoms with E-state index in [2.05, 4.69) is 30.3 Å². The molecule has 2 rings (SSSR count). The summed E-state index contributed by atoms with van der Waals surface area (Å²) in [5.74, 6) is 0. The first-order valence-electron chi connectivity index (χ1n) is 6.77. The molecule has 0 spiro atoms. The van der Waals surface area contributed by atoms with Crippen molar-refractivity contribution in [2.75, 3.05) is 6.61 Å². The minimum atomic E-state index is 0.264. The van der Waals surface area contributed by atoms with Crippen molar-refractivity contribution in [3.05, 3.63) is 35.9 Å². The molecule has 2 atom stereocenters. The van der Waals surface area contributed by atoms with E-state index in [-0.39, 0.29) is 6.04 Å². The number of hydrogen-bond donors (Lipinski definition) is 1. The highest BCUT2D eigenvalue weighted by Gasteiger charge is 2.21. The first kappa shape index (κ1) is 12.6. The second kappa shape index (κ2) is 6.77. The van der Waals surface area contributed by atoms with Crippen LogP contribution in [0, 0.1) is 0 Å². The zero-order valence-corrected chi connectivity index (χ0v) is 10.5. The topological polar surface area (TPSA) is 35.2 Å². The van der Waals surface area contributed by atoms with Crippen LogP contribution < -0.4 is 5.73 Å². The molecule has 2 unspecified atom stereocenters. The Labute approximate surface area is 104 Å². The van der Waals surface area contributed by atoms with Gasteiger partial charge in [0.25, 0.3) is 0 Å². The van der Waals surface area contributed by atoms with Gasteiger partial charge in [-0.25, -0.2) is 0 Å². The van der Waals surface area contributed by atoms with Crippen LogP contribution in [0.25, 0.3) is 0 Å².